The van der Waals surface area contributed by atoms with E-state index in [1.165, 1.54) is 12.7 Å². The van der Waals surface area contributed by atoms with Crippen molar-refractivity contribution in [2.75, 3.05) is 0 Å². The smallest absolute Gasteiger partial charge is 0.138 e. The minimum Gasteiger partial charge on any atom is -0.261 e. The van der Waals surface area contributed by atoms with E-state index < -0.39 is 0 Å². The van der Waals surface area contributed by atoms with Crippen molar-refractivity contribution >= 4 is 0 Å². The van der Waals surface area contributed by atoms with E-state index in [1.54, 1.807) is 74.5 Å². The second-order valence-electron chi connectivity index (χ2n) is 15.7. The van der Waals surface area contributed by atoms with Crippen molar-refractivity contribution in [3.05, 3.63) is 151 Å². The molecule has 7 aromatic heterocycles. The normalized spacial score (nSPS) is 9.95. The first-order valence-electron chi connectivity index (χ1n) is 21.1. The lowest BCUT2D eigenvalue weighted by atomic mass is 10.1. The van der Waals surface area contributed by atoms with Crippen LogP contribution in [-0.4, -0.2) is 85.9 Å². The molecule has 17 heteroatoms. The molecular formula is C47H71N17. The highest BCUT2D eigenvalue weighted by Gasteiger charge is 2.01. The third kappa shape index (κ3) is 27.3. The molecule has 0 fully saturated rings. The van der Waals surface area contributed by atoms with Crippen molar-refractivity contribution in [3.63, 3.8) is 0 Å². The average Bonchev–Trinajstić information content (AvgIpc) is 3.32. The Balaban J connectivity index is 0.000000722. The Hall–Kier alpha value is -6.65. The van der Waals surface area contributed by atoms with Crippen molar-refractivity contribution in [2.45, 2.75) is 146 Å². The lowest BCUT2D eigenvalue weighted by Gasteiger charge is -1.99. The van der Waals surface area contributed by atoms with Gasteiger partial charge in [0.15, 0.2) is 0 Å². The van der Waals surface area contributed by atoms with Crippen LogP contribution in [0.5, 0.6) is 0 Å². The molecule has 0 aromatic carbocycles. The molecule has 0 radical (unpaired) electrons. The second-order valence-corrected chi connectivity index (χ2v) is 15.7. The molecule has 0 unspecified atom stereocenters. The van der Waals surface area contributed by atoms with Gasteiger partial charge in [0.05, 0.1) is 52.8 Å². The fourth-order valence-electron chi connectivity index (χ4n) is 4.13. The fraction of sp³-hybridized carbons (Fsp3) is 0.468. The first-order valence-corrected chi connectivity index (χ1v) is 21.1. The molecule has 0 spiro atoms. The van der Waals surface area contributed by atoms with Gasteiger partial charge in [0, 0.05) is 55.3 Å². The quantitative estimate of drug-likeness (QED) is 0.145. The van der Waals surface area contributed by atoms with Crippen molar-refractivity contribution in [1.82, 2.24) is 85.9 Å². The second kappa shape index (κ2) is 34.9. The Kier molecular flexibility index (Phi) is 31.3. The first kappa shape index (κ1) is 57.3. The van der Waals surface area contributed by atoms with Crippen LogP contribution in [0.4, 0.5) is 0 Å². The molecule has 7 heterocycles. The Morgan fingerprint density at radius 1 is 0.297 bits per heavy atom. The summed E-state index contributed by atoms with van der Waals surface area (Å²) in [6.07, 6.45) is 23.4. The maximum absolute atomic E-state index is 4.12. The zero-order valence-corrected chi connectivity index (χ0v) is 39.5. The monoisotopic (exact) mass is 874 g/mol. The highest BCUT2D eigenvalue weighted by atomic mass is 15.3. The van der Waals surface area contributed by atoms with E-state index in [2.05, 4.69) is 183 Å². The molecule has 7 rings (SSSR count). The van der Waals surface area contributed by atoms with Gasteiger partial charge in [-0.3, -0.25) is 19.9 Å². The van der Waals surface area contributed by atoms with E-state index in [1.807, 2.05) is 24.3 Å². The summed E-state index contributed by atoms with van der Waals surface area (Å²) in [4.78, 5) is 32.0. The van der Waals surface area contributed by atoms with E-state index in [-0.39, 0.29) is 7.43 Å². The molecule has 344 valence electrons. The van der Waals surface area contributed by atoms with Crippen molar-refractivity contribution in [1.29, 1.82) is 0 Å². The topological polar surface area (TPSA) is 219 Å². The van der Waals surface area contributed by atoms with Gasteiger partial charge in [-0.1, -0.05) is 104 Å². The largest absolute Gasteiger partial charge is 0.261 e. The Bertz CT molecular complexity index is 1620. The van der Waals surface area contributed by atoms with Crippen LogP contribution in [-0.2, 0) is 0 Å². The third-order valence-corrected chi connectivity index (χ3v) is 8.06. The van der Waals surface area contributed by atoms with Gasteiger partial charge in [0.2, 0.25) is 0 Å². The van der Waals surface area contributed by atoms with E-state index >= 15 is 0 Å². The average molecular weight is 874 g/mol. The van der Waals surface area contributed by atoms with Crippen LogP contribution in [0.1, 0.15) is 186 Å². The summed E-state index contributed by atoms with van der Waals surface area (Å²) < 4.78 is 0. The van der Waals surface area contributed by atoms with Gasteiger partial charge in [-0.15, -0.1) is 20.4 Å². The number of hydrogen-bond acceptors (Lipinski definition) is 17. The van der Waals surface area contributed by atoms with Gasteiger partial charge in [0.1, 0.15) is 19.0 Å². The first-order chi connectivity index (χ1) is 30.1. The van der Waals surface area contributed by atoms with Crippen LogP contribution < -0.4 is 0 Å². The van der Waals surface area contributed by atoms with Crippen LogP contribution in [0.15, 0.2) is 111 Å². The minimum absolute atomic E-state index is 0. The number of nitrogens with zero attached hydrogens (tertiary/aromatic N) is 17. The van der Waals surface area contributed by atoms with Crippen LogP contribution in [0.25, 0.3) is 0 Å². The molecular weight excluding hydrogens is 803 g/mol. The fourth-order valence-corrected chi connectivity index (χ4v) is 4.13. The molecule has 0 N–H and O–H groups in total. The lowest BCUT2D eigenvalue weighted by molar-refractivity contribution is 0.741. The molecule has 0 saturated carbocycles. The zero-order chi connectivity index (χ0) is 46.8. The molecule has 0 atom stereocenters. The zero-order valence-electron chi connectivity index (χ0n) is 39.5. The Morgan fingerprint density at radius 2 is 0.719 bits per heavy atom. The standard InChI is InChI=1S/4C7H10N2.3C6H9N3.CH4/c2*1-6(2)7-5-8-3-4-9-7;1-6(2)7-3-4-8-5-9-7;1-6(2)7-4-3-5-8-9-7;2*1-5(2)6-3-8-9-4-7-6;1-5(2)6-3-4-7-9-8-6;/h4*3-6H,1-2H3;3*3-5H,1-2H3;1H4. The number of aromatic nitrogens is 17. The third-order valence-electron chi connectivity index (χ3n) is 8.06. The highest BCUT2D eigenvalue weighted by Crippen LogP contribution is 2.11. The summed E-state index contributed by atoms with van der Waals surface area (Å²) in [5.74, 6) is 3.30. The predicted molar refractivity (Wildman–Crippen MR) is 253 cm³/mol. The molecule has 0 amide bonds. The Labute approximate surface area is 381 Å². The van der Waals surface area contributed by atoms with Crippen molar-refractivity contribution in [2.24, 2.45) is 0 Å². The Morgan fingerprint density at radius 3 is 0.953 bits per heavy atom. The van der Waals surface area contributed by atoms with Crippen molar-refractivity contribution in [3.8, 4) is 0 Å². The van der Waals surface area contributed by atoms with E-state index in [0.29, 0.717) is 41.4 Å². The SMILES string of the molecule is C.CC(C)c1cccnn1.CC(C)c1ccncn1.CC(C)c1ccnnn1.CC(C)c1cnccn1.CC(C)c1cnccn1.CC(C)c1cnncn1.CC(C)c1cnncn1. The molecule has 0 aliphatic rings. The van der Waals surface area contributed by atoms with E-state index in [4.69, 9.17) is 0 Å². The summed E-state index contributed by atoms with van der Waals surface area (Å²) in [6.45, 7) is 29.3. The van der Waals surface area contributed by atoms with Gasteiger partial charge < -0.3 is 0 Å². The molecule has 17 nitrogen and oxygen atoms in total. The minimum atomic E-state index is 0. The van der Waals surface area contributed by atoms with Crippen LogP contribution in [0, 0.1) is 0 Å². The summed E-state index contributed by atoms with van der Waals surface area (Å²) >= 11 is 0. The molecule has 0 bridgehead atoms. The van der Waals surface area contributed by atoms with E-state index in [9.17, 15) is 0 Å². The summed E-state index contributed by atoms with van der Waals surface area (Å²) in [6, 6.07) is 7.70. The molecule has 0 aliphatic carbocycles. The van der Waals surface area contributed by atoms with Crippen molar-refractivity contribution < 1.29 is 0 Å². The summed E-state index contributed by atoms with van der Waals surface area (Å²) in [5, 5.41) is 33.1. The van der Waals surface area contributed by atoms with Gasteiger partial charge >= 0.3 is 0 Å². The maximum Gasteiger partial charge on any atom is 0.138 e. The predicted octanol–water partition coefficient (Wildman–Crippen LogP) is 10.0. The molecule has 0 aliphatic heterocycles. The van der Waals surface area contributed by atoms with Crippen LogP contribution >= 0.6 is 0 Å². The molecule has 7 aromatic rings. The molecule has 0 saturated heterocycles. The molecule has 64 heavy (non-hydrogen) atoms. The van der Waals surface area contributed by atoms with Gasteiger partial charge in [-0.2, -0.15) is 20.4 Å². The highest BCUT2D eigenvalue weighted by molar-refractivity contribution is 5.04. The van der Waals surface area contributed by atoms with Gasteiger partial charge in [0.25, 0.3) is 0 Å². The summed E-state index contributed by atoms with van der Waals surface area (Å²) in [7, 11) is 0. The number of hydrogen-bond donors (Lipinski definition) is 0. The maximum atomic E-state index is 4.12. The van der Waals surface area contributed by atoms with Crippen LogP contribution in [0.3, 0.4) is 0 Å². The van der Waals surface area contributed by atoms with E-state index in [0.717, 1.165) is 39.9 Å². The summed E-state index contributed by atoms with van der Waals surface area (Å²) in [5.41, 5.74) is 7.23. The number of rotatable bonds is 7. The van der Waals surface area contributed by atoms with Gasteiger partial charge in [-0.25, -0.2) is 19.9 Å². The lowest BCUT2D eigenvalue weighted by Crippen LogP contribution is -1.94. The van der Waals surface area contributed by atoms with Gasteiger partial charge in [-0.05, 0) is 70.9 Å². The van der Waals surface area contributed by atoms with Crippen LogP contribution in [0.2, 0.25) is 0 Å².